The van der Waals surface area contributed by atoms with Gasteiger partial charge >= 0.3 is 0 Å². The first-order valence-electron chi connectivity index (χ1n) is 7.47. The number of nitrogens with zero attached hydrogens (tertiary/aromatic N) is 4. The van der Waals surface area contributed by atoms with Crippen LogP contribution in [-0.2, 0) is 16.8 Å². The average Bonchev–Trinajstić information content (AvgIpc) is 2.81. The highest BCUT2D eigenvalue weighted by atomic mass is 32.2. The number of likely N-dealkylation sites (tertiary alicyclic amines) is 1. The first-order valence-corrected chi connectivity index (χ1v) is 8.91. The van der Waals surface area contributed by atoms with Crippen molar-refractivity contribution in [3.05, 3.63) is 24.3 Å². The van der Waals surface area contributed by atoms with Crippen LogP contribution in [0.3, 0.4) is 0 Å². The lowest BCUT2D eigenvalue weighted by Gasteiger charge is -2.24. The molecule has 124 valence electrons. The van der Waals surface area contributed by atoms with E-state index in [9.17, 15) is 8.42 Å². The fourth-order valence-electron chi connectivity index (χ4n) is 2.75. The standard InChI is InChI=1S/C14H25N5O2S/c1-11(2)12-8-19(10-14-15-6-5-7-16-14)9-13(12)17-22(20,21)18(3)4/h5-7,11-13,17H,8-10H2,1-4H3/t12-,13+/m1/s1. The Morgan fingerprint density at radius 2 is 1.95 bits per heavy atom. The van der Waals surface area contributed by atoms with Gasteiger partial charge in [-0.2, -0.15) is 17.4 Å². The first kappa shape index (κ1) is 17.3. The van der Waals surface area contributed by atoms with Crippen LogP contribution >= 0.6 is 0 Å². The van der Waals surface area contributed by atoms with Crippen LogP contribution in [0.5, 0.6) is 0 Å². The second-order valence-corrected chi connectivity index (χ2v) is 8.19. The fourth-order valence-corrected chi connectivity index (χ4v) is 3.59. The van der Waals surface area contributed by atoms with Gasteiger partial charge in [-0.1, -0.05) is 13.8 Å². The van der Waals surface area contributed by atoms with E-state index in [-0.39, 0.29) is 12.0 Å². The van der Waals surface area contributed by atoms with Crippen LogP contribution in [0, 0.1) is 11.8 Å². The zero-order chi connectivity index (χ0) is 16.3. The average molecular weight is 327 g/mol. The monoisotopic (exact) mass is 327 g/mol. The van der Waals surface area contributed by atoms with Crippen LogP contribution in [0.15, 0.2) is 18.5 Å². The molecule has 1 aliphatic heterocycles. The fraction of sp³-hybridized carbons (Fsp3) is 0.714. The van der Waals surface area contributed by atoms with Crippen molar-refractivity contribution < 1.29 is 8.42 Å². The second kappa shape index (κ2) is 6.99. The van der Waals surface area contributed by atoms with Gasteiger partial charge in [0.05, 0.1) is 6.54 Å². The van der Waals surface area contributed by atoms with Crippen molar-refractivity contribution in [1.29, 1.82) is 0 Å². The molecule has 2 rings (SSSR count). The van der Waals surface area contributed by atoms with Crippen molar-refractivity contribution in [2.45, 2.75) is 26.4 Å². The number of hydrogen-bond donors (Lipinski definition) is 1. The lowest BCUT2D eigenvalue weighted by Crippen LogP contribution is -2.46. The molecule has 2 heterocycles. The molecule has 0 radical (unpaired) electrons. The van der Waals surface area contributed by atoms with Gasteiger partial charge in [-0.3, -0.25) is 4.90 Å². The zero-order valence-electron chi connectivity index (χ0n) is 13.6. The quantitative estimate of drug-likeness (QED) is 0.814. The third-order valence-corrected chi connectivity index (χ3v) is 5.62. The van der Waals surface area contributed by atoms with Crippen LogP contribution in [0.1, 0.15) is 19.7 Å². The third-order valence-electron chi connectivity index (χ3n) is 4.06. The van der Waals surface area contributed by atoms with Crippen LogP contribution in [-0.4, -0.2) is 60.8 Å². The third kappa shape index (κ3) is 4.22. The summed E-state index contributed by atoms with van der Waals surface area (Å²) in [5, 5.41) is 0. The molecular formula is C14H25N5O2S. The highest BCUT2D eigenvalue weighted by Crippen LogP contribution is 2.26. The van der Waals surface area contributed by atoms with E-state index < -0.39 is 10.2 Å². The van der Waals surface area contributed by atoms with Crippen molar-refractivity contribution in [2.24, 2.45) is 11.8 Å². The number of hydrogen-bond acceptors (Lipinski definition) is 5. The Balaban J connectivity index is 2.06. The van der Waals surface area contributed by atoms with E-state index in [0.29, 0.717) is 19.0 Å². The van der Waals surface area contributed by atoms with E-state index in [0.717, 1.165) is 12.4 Å². The van der Waals surface area contributed by atoms with Crippen LogP contribution in [0.4, 0.5) is 0 Å². The van der Waals surface area contributed by atoms with Gasteiger partial charge in [0.1, 0.15) is 5.82 Å². The molecule has 1 N–H and O–H groups in total. The molecule has 1 saturated heterocycles. The Kier molecular flexibility index (Phi) is 5.49. The van der Waals surface area contributed by atoms with Crippen LogP contribution in [0.2, 0.25) is 0 Å². The Hall–Kier alpha value is -1.09. The van der Waals surface area contributed by atoms with E-state index in [2.05, 4.69) is 33.4 Å². The second-order valence-electron chi connectivity index (χ2n) is 6.28. The van der Waals surface area contributed by atoms with Gasteiger partial charge in [0.25, 0.3) is 10.2 Å². The summed E-state index contributed by atoms with van der Waals surface area (Å²) in [4.78, 5) is 10.7. The maximum absolute atomic E-state index is 12.1. The van der Waals surface area contributed by atoms with Gasteiger partial charge in [-0.15, -0.1) is 0 Å². The van der Waals surface area contributed by atoms with E-state index in [4.69, 9.17) is 0 Å². The molecule has 22 heavy (non-hydrogen) atoms. The van der Waals surface area contributed by atoms with Gasteiger partial charge in [0.2, 0.25) is 0 Å². The molecule has 0 aliphatic carbocycles. The number of nitrogens with one attached hydrogen (secondary N) is 1. The topological polar surface area (TPSA) is 78.4 Å². The molecule has 0 saturated carbocycles. The van der Waals surface area contributed by atoms with Crippen LogP contribution in [0.25, 0.3) is 0 Å². The predicted octanol–water partition coefficient (Wildman–Crippen LogP) is 0.329. The molecule has 0 unspecified atom stereocenters. The predicted molar refractivity (Wildman–Crippen MR) is 85.2 cm³/mol. The summed E-state index contributed by atoms with van der Waals surface area (Å²) in [7, 11) is -0.341. The molecule has 0 spiro atoms. The minimum absolute atomic E-state index is 0.0869. The molecule has 2 atom stereocenters. The molecule has 0 amide bonds. The van der Waals surface area contributed by atoms with Crippen molar-refractivity contribution >= 4 is 10.2 Å². The maximum atomic E-state index is 12.1. The Morgan fingerprint density at radius 1 is 1.32 bits per heavy atom. The van der Waals surface area contributed by atoms with Gasteiger partial charge in [-0.25, -0.2) is 9.97 Å². The van der Waals surface area contributed by atoms with Gasteiger partial charge in [0, 0.05) is 45.6 Å². The van der Waals surface area contributed by atoms with Gasteiger partial charge < -0.3 is 0 Å². The number of rotatable bonds is 6. The summed E-state index contributed by atoms with van der Waals surface area (Å²) in [6.45, 7) is 6.42. The van der Waals surface area contributed by atoms with Crippen molar-refractivity contribution in [2.75, 3.05) is 27.2 Å². The minimum atomic E-state index is -3.42. The van der Waals surface area contributed by atoms with Gasteiger partial charge in [-0.05, 0) is 17.9 Å². The molecule has 1 aromatic rings. The summed E-state index contributed by atoms with van der Waals surface area (Å²) in [5.41, 5.74) is 0. The highest BCUT2D eigenvalue weighted by molar-refractivity contribution is 7.87. The summed E-state index contributed by atoms with van der Waals surface area (Å²) >= 11 is 0. The molecule has 0 aromatic carbocycles. The molecule has 1 aliphatic rings. The Bertz CT molecular complexity index is 576. The minimum Gasteiger partial charge on any atom is -0.294 e. The van der Waals surface area contributed by atoms with E-state index in [1.807, 2.05) is 0 Å². The smallest absolute Gasteiger partial charge is 0.279 e. The van der Waals surface area contributed by atoms with E-state index in [1.165, 1.54) is 18.4 Å². The van der Waals surface area contributed by atoms with Crippen molar-refractivity contribution in [3.63, 3.8) is 0 Å². The normalized spacial score (nSPS) is 23.5. The molecule has 0 bridgehead atoms. The summed E-state index contributed by atoms with van der Waals surface area (Å²) in [6.07, 6.45) is 3.45. The lowest BCUT2D eigenvalue weighted by molar-refractivity contribution is 0.290. The zero-order valence-corrected chi connectivity index (χ0v) is 14.4. The summed E-state index contributed by atoms with van der Waals surface area (Å²) in [6, 6.07) is 1.70. The molecule has 1 fully saturated rings. The van der Waals surface area contributed by atoms with E-state index >= 15 is 0 Å². The summed E-state index contributed by atoms with van der Waals surface area (Å²) in [5.74, 6) is 1.44. The largest absolute Gasteiger partial charge is 0.294 e. The molecule has 7 nitrogen and oxygen atoms in total. The van der Waals surface area contributed by atoms with Crippen molar-refractivity contribution in [3.8, 4) is 0 Å². The maximum Gasteiger partial charge on any atom is 0.279 e. The van der Waals surface area contributed by atoms with E-state index in [1.54, 1.807) is 18.5 Å². The SMILES string of the molecule is CC(C)[C@H]1CN(Cc2ncccn2)C[C@@H]1NS(=O)(=O)N(C)C. The summed E-state index contributed by atoms with van der Waals surface area (Å²) < 4.78 is 28.2. The Labute approximate surface area is 132 Å². The highest BCUT2D eigenvalue weighted by Gasteiger charge is 2.37. The van der Waals surface area contributed by atoms with Crippen molar-refractivity contribution in [1.82, 2.24) is 23.9 Å². The molecular weight excluding hydrogens is 302 g/mol. The lowest BCUT2D eigenvalue weighted by atomic mass is 9.92. The Morgan fingerprint density at radius 3 is 2.50 bits per heavy atom. The first-order chi connectivity index (χ1) is 10.3. The number of aromatic nitrogens is 2. The van der Waals surface area contributed by atoms with Gasteiger partial charge in [0.15, 0.2) is 0 Å². The van der Waals surface area contributed by atoms with Crippen LogP contribution < -0.4 is 4.72 Å². The molecule has 8 heteroatoms. The molecule has 1 aromatic heterocycles.